The SMILES string of the molecule is Cc1ccc(-c2cc(C(F)(F)F)c(C#N)c(SCCCn3c(=O)[nH]c4ccccc43)n2)s1. The Balaban J connectivity index is 1.59. The lowest BCUT2D eigenvalue weighted by Crippen LogP contribution is -2.17. The number of fused-ring (bicyclic) bond motifs is 1. The molecule has 0 radical (unpaired) electrons. The Hall–Kier alpha value is -3.03. The molecule has 164 valence electrons. The highest BCUT2D eigenvalue weighted by Crippen LogP contribution is 2.39. The number of aromatic amines is 1. The summed E-state index contributed by atoms with van der Waals surface area (Å²) < 4.78 is 42.6. The standard InChI is InChI=1S/C22H17F3N4OS2/c1-13-7-8-19(32-13)17-11-15(22(23,24)25)14(12-26)20(27-17)31-10-4-9-29-18-6-3-2-5-16(18)28-21(29)30/h2-3,5-8,11H,4,9-10H2,1H3,(H,28,30). The zero-order chi connectivity index (χ0) is 22.9. The molecule has 3 heterocycles. The number of thioether (sulfide) groups is 1. The van der Waals surface area contributed by atoms with E-state index in [0.717, 1.165) is 33.7 Å². The molecule has 1 aromatic carbocycles. The first-order valence-electron chi connectivity index (χ1n) is 9.67. The number of para-hydroxylation sites is 2. The molecule has 10 heteroatoms. The number of pyridine rings is 1. The second-order valence-corrected chi connectivity index (χ2v) is 9.43. The molecule has 0 fully saturated rings. The monoisotopic (exact) mass is 474 g/mol. The van der Waals surface area contributed by atoms with E-state index in [4.69, 9.17) is 0 Å². The summed E-state index contributed by atoms with van der Waals surface area (Å²) in [6, 6.07) is 13.5. The molecule has 3 aromatic heterocycles. The largest absolute Gasteiger partial charge is 0.417 e. The number of hydrogen-bond acceptors (Lipinski definition) is 5. The second kappa shape index (κ2) is 8.84. The van der Waals surface area contributed by atoms with Crippen LogP contribution in [0.4, 0.5) is 13.2 Å². The Kier molecular flexibility index (Phi) is 6.13. The van der Waals surface area contributed by atoms with Crippen molar-refractivity contribution in [3.05, 3.63) is 69.0 Å². The van der Waals surface area contributed by atoms with Gasteiger partial charge in [0.15, 0.2) is 0 Å². The molecule has 0 saturated heterocycles. The summed E-state index contributed by atoms with van der Waals surface area (Å²) >= 11 is 2.44. The maximum Gasteiger partial charge on any atom is 0.417 e. The zero-order valence-corrected chi connectivity index (χ0v) is 18.5. The van der Waals surface area contributed by atoms with Gasteiger partial charge in [-0.3, -0.25) is 4.57 Å². The van der Waals surface area contributed by atoms with Gasteiger partial charge >= 0.3 is 11.9 Å². The van der Waals surface area contributed by atoms with E-state index in [1.54, 1.807) is 16.7 Å². The van der Waals surface area contributed by atoms with Crippen LogP contribution in [-0.4, -0.2) is 20.3 Å². The molecule has 0 atom stereocenters. The molecular formula is C22H17F3N4OS2. The molecule has 4 aromatic rings. The fraction of sp³-hybridized carbons (Fsp3) is 0.227. The molecule has 5 nitrogen and oxygen atoms in total. The number of nitriles is 1. The van der Waals surface area contributed by atoms with Gasteiger partial charge in [0.25, 0.3) is 0 Å². The number of nitrogens with one attached hydrogen (secondary N) is 1. The fourth-order valence-electron chi connectivity index (χ4n) is 3.38. The number of hydrogen-bond donors (Lipinski definition) is 1. The molecule has 1 N–H and O–H groups in total. The van der Waals surface area contributed by atoms with Crippen LogP contribution < -0.4 is 5.69 Å². The second-order valence-electron chi connectivity index (χ2n) is 7.06. The first kappa shape index (κ1) is 22.2. The smallest absolute Gasteiger partial charge is 0.306 e. The predicted octanol–water partition coefficient (Wildman–Crippen LogP) is 5.83. The van der Waals surface area contributed by atoms with Gasteiger partial charge in [-0.25, -0.2) is 9.78 Å². The number of halogens is 3. The lowest BCUT2D eigenvalue weighted by atomic mass is 10.1. The third-order valence-corrected chi connectivity index (χ3v) is 6.93. The minimum Gasteiger partial charge on any atom is -0.306 e. The Labute approximate surface area is 189 Å². The number of benzene rings is 1. The summed E-state index contributed by atoms with van der Waals surface area (Å²) in [4.78, 5) is 20.9. The van der Waals surface area contributed by atoms with E-state index < -0.39 is 17.3 Å². The van der Waals surface area contributed by atoms with Gasteiger partial charge in [0.2, 0.25) is 0 Å². The molecule has 0 aliphatic rings. The van der Waals surface area contributed by atoms with Gasteiger partial charge in [-0.1, -0.05) is 12.1 Å². The summed E-state index contributed by atoms with van der Waals surface area (Å²) in [6.07, 6.45) is -4.15. The van der Waals surface area contributed by atoms with Gasteiger partial charge < -0.3 is 4.98 Å². The van der Waals surface area contributed by atoms with E-state index in [2.05, 4.69) is 9.97 Å². The number of H-pyrrole nitrogens is 1. The molecule has 32 heavy (non-hydrogen) atoms. The summed E-state index contributed by atoms with van der Waals surface area (Å²) in [5.41, 5.74) is 0.0153. The van der Waals surface area contributed by atoms with Crippen LogP contribution >= 0.6 is 23.1 Å². The molecular weight excluding hydrogens is 457 g/mol. The highest BCUT2D eigenvalue weighted by molar-refractivity contribution is 7.99. The average molecular weight is 475 g/mol. The quantitative estimate of drug-likeness (QED) is 0.282. The fourth-order valence-corrected chi connectivity index (χ4v) is 5.13. The van der Waals surface area contributed by atoms with Crippen molar-refractivity contribution in [3.63, 3.8) is 0 Å². The van der Waals surface area contributed by atoms with Crippen molar-refractivity contribution < 1.29 is 13.2 Å². The van der Waals surface area contributed by atoms with Crippen molar-refractivity contribution in [3.8, 4) is 16.6 Å². The average Bonchev–Trinajstić information content (AvgIpc) is 3.32. The predicted molar refractivity (Wildman–Crippen MR) is 120 cm³/mol. The van der Waals surface area contributed by atoms with E-state index in [-0.39, 0.29) is 16.4 Å². The van der Waals surface area contributed by atoms with Crippen LogP contribution in [-0.2, 0) is 12.7 Å². The topological polar surface area (TPSA) is 74.5 Å². The van der Waals surface area contributed by atoms with Crippen molar-refractivity contribution in [1.29, 1.82) is 5.26 Å². The van der Waals surface area contributed by atoms with Gasteiger partial charge in [-0.15, -0.1) is 23.1 Å². The normalized spacial score (nSPS) is 11.7. The number of rotatable bonds is 6. The molecule has 0 unspecified atom stereocenters. The van der Waals surface area contributed by atoms with Gasteiger partial charge in [-0.2, -0.15) is 18.4 Å². The molecule has 0 aliphatic heterocycles. The Morgan fingerprint density at radius 2 is 2.03 bits per heavy atom. The summed E-state index contributed by atoms with van der Waals surface area (Å²) in [6.45, 7) is 2.26. The third kappa shape index (κ3) is 4.45. The van der Waals surface area contributed by atoms with E-state index in [9.17, 15) is 23.2 Å². The van der Waals surface area contributed by atoms with Crippen LogP contribution in [0.2, 0.25) is 0 Å². The highest BCUT2D eigenvalue weighted by Gasteiger charge is 2.36. The Bertz CT molecular complexity index is 1380. The lowest BCUT2D eigenvalue weighted by Gasteiger charge is -2.13. The maximum atomic E-state index is 13.7. The van der Waals surface area contributed by atoms with Crippen molar-refractivity contribution in [2.45, 2.75) is 31.1 Å². The van der Waals surface area contributed by atoms with Crippen molar-refractivity contribution in [2.75, 3.05) is 5.75 Å². The first-order chi connectivity index (χ1) is 15.3. The van der Waals surface area contributed by atoms with Crippen LogP contribution in [0.5, 0.6) is 0 Å². The van der Waals surface area contributed by atoms with Crippen molar-refractivity contribution >= 4 is 34.1 Å². The molecule has 0 spiro atoms. The Morgan fingerprint density at radius 3 is 2.72 bits per heavy atom. The van der Waals surface area contributed by atoms with E-state index >= 15 is 0 Å². The number of imidazole rings is 1. The summed E-state index contributed by atoms with van der Waals surface area (Å²) in [7, 11) is 0. The van der Waals surface area contributed by atoms with Crippen molar-refractivity contribution in [2.24, 2.45) is 0 Å². The summed E-state index contributed by atoms with van der Waals surface area (Å²) in [5, 5.41) is 9.49. The molecule has 0 bridgehead atoms. The van der Waals surface area contributed by atoms with Crippen LogP contribution in [0, 0.1) is 18.3 Å². The number of nitrogens with zero attached hydrogens (tertiary/aromatic N) is 3. The van der Waals surface area contributed by atoms with Gasteiger partial charge in [0, 0.05) is 17.2 Å². The maximum absolute atomic E-state index is 13.7. The van der Waals surface area contributed by atoms with Crippen LogP contribution in [0.3, 0.4) is 0 Å². The molecule has 0 saturated carbocycles. The lowest BCUT2D eigenvalue weighted by molar-refractivity contribution is -0.138. The number of aromatic nitrogens is 3. The number of aryl methyl sites for hydroxylation is 2. The van der Waals surface area contributed by atoms with Crippen LogP contribution in [0.15, 0.2) is 52.3 Å². The van der Waals surface area contributed by atoms with E-state index in [1.165, 1.54) is 11.3 Å². The summed E-state index contributed by atoms with van der Waals surface area (Å²) in [5.74, 6) is 0.401. The number of alkyl halides is 3. The van der Waals surface area contributed by atoms with Gasteiger partial charge in [0.1, 0.15) is 11.1 Å². The molecule has 0 aliphatic carbocycles. The molecule has 0 amide bonds. The zero-order valence-electron chi connectivity index (χ0n) is 16.9. The highest BCUT2D eigenvalue weighted by atomic mass is 32.2. The number of thiophene rings is 1. The van der Waals surface area contributed by atoms with Crippen LogP contribution in [0.25, 0.3) is 21.6 Å². The van der Waals surface area contributed by atoms with Crippen molar-refractivity contribution in [1.82, 2.24) is 14.5 Å². The minimum absolute atomic E-state index is 0.0506. The van der Waals surface area contributed by atoms with Crippen LogP contribution in [0.1, 0.15) is 22.4 Å². The van der Waals surface area contributed by atoms with E-state index in [1.807, 2.05) is 37.3 Å². The first-order valence-corrected chi connectivity index (χ1v) is 11.5. The minimum atomic E-state index is -4.66. The van der Waals surface area contributed by atoms with Gasteiger partial charge in [0.05, 0.1) is 32.7 Å². The Morgan fingerprint density at radius 1 is 1.25 bits per heavy atom. The third-order valence-electron chi connectivity index (χ3n) is 4.84. The van der Waals surface area contributed by atoms with E-state index in [0.29, 0.717) is 23.6 Å². The molecule has 4 rings (SSSR count). The van der Waals surface area contributed by atoms with Gasteiger partial charge in [-0.05, 0) is 43.7 Å².